The highest BCUT2D eigenvalue weighted by molar-refractivity contribution is 6.07. The summed E-state index contributed by atoms with van der Waals surface area (Å²) >= 11 is 0. The van der Waals surface area contributed by atoms with Crippen LogP contribution in [0.1, 0.15) is 20.7 Å². The molecule has 1 aromatic heterocycles. The lowest BCUT2D eigenvalue weighted by atomic mass is 10.0. The molecule has 2 aromatic rings. The second kappa shape index (κ2) is 6.87. The SMILES string of the molecule is COC(=O)c1coc(-c2ccc(OC)c(OC)c2)c1C(=O)OC. The number of methoxy groups -OCH3 is 4. The van der Waals surface area contributed by atoms with Gasteiger partial charge in [-0.2, -0.15) is 0 Å². The fraction of sp³-hybridized carbons (Fsp3) is 0.250. The molecule has 0 saturated carbocycles. The lowest BCUT2D eigenvalue weighted by Crippen LogP contribution is -2.10. The van der Waals surface area contributed by atoms with E-state index in [9.17, 15) is 9.59 Å². The first-order chi connectivity index (χ1) is 11.1. The fourth-order valence-corrected chi connectivity index (χ4v) is 2.11. The van der Waals surface area contributed by atoms with E-state index in [2.05, 4.69) is 4.74 Å². The monoisotopic (exact) mass is 320 g/mol. The van der Waals surface area contributed by atoms with Gasteiger partial charge in [-0.05, 0) is 18.2 Å². The van der Waals surface area contributed by atoms with Crippen molar-refractivity contribution in [2.75, 3.05) is 28.4 Å². The number of hydrogen-bond acceptors (Lipinski definition) is 7. The summed E-state index contributed by atoms with van der Waals surface area (Å²) in [5.41, 5.74) is 0.508. The van der Waals surface area contributed by atoms with Crippen LogP contribution in [0.25, 0.3) is 11.3 Å². The third-order valence-electron chi connectivity index (χ3n) is 3.23. The fourth-order valence-electron chi connectivity index (χ4n) is 2.11. The average Bonchev–Trinajstić information content (AvgIpc) is 3.04. The van der Waals surface area contributed by atoms with Crippen LogP contribution in [-0.4, -0.2) is 40.4 Å². The van der Waals surface area contributed by atoms with Gasteiger partial charge in [0.2, 0.25) is 0 Å². The van der Waals surface area contributed by atoms with Crippen LogP contribution in [0.3, 0.4) is 0 Å². The minimum atomic E-state index is -0.705. The Bertz CT molecular complexity index is 730. The minimum absolute atomic E-state index is 0.00781. The first-order valence-electron chi connectivity index (χ1n) is 6.57. The molecule has 1 heterocycles. The molecule has 7 nitrogen and oxygen atoms in total. The molecule has 0 aliphatic carbocycles. The van der Waals surface area contributed by atoms with Gasteiger partial charge < -0.3 is 23.4 Å². The maximum absolute atomic E-state index is 12.0. The van der Waals surface area contributed by atoms with Crippen molar-refractivity contribution in [2.45, 2.75) is 0 Å². The van der Waals surface area contributed by atoms with Crippen molar-refractivity contribution in [3.05, 3.63) is 35.6 Å². The number of hydrogen-bond donors (Lipinski definition) is 0. The van der Waals surface area contributed by atoms with Crippen LogP contribution in [0.5, 0.6) is 11.5 Å². The minimum Gasteiger partial charge on any atom is -0.493 e. The zero-order valence-corrected chi connectivity index (χ0v) is 13.2. The molecule has 23 heavy (non-hydrogen) atoms. The van der Waals surface area contributed by atoms with Crippen LogP contribution < -0.4 is 9.47 Å². The quantitative estimate of drug-likeness (QED) is 0.783. The summed E-state index contributed by atoms with van der Waals surface area (Å²) in [6, 6.07) is 4.97. The molecule has 0 fully saturated rings. The highest BCUT2D eigenvalue weighted by atomic mass is 16.5. The van der Waals surface area contributed by atoms with Gasteiger partial charge in [-0.1, -0.05) is 0 Å². The summed E-state index contributed by atoms with van der Waals surface area (Å²) in [4.78, 5) is 23.8. The molecule has 0 amide bonds. The lowest BCUT2D eigenvalue weighted by Gasteiger charge is -2.09. The molecule has 0 unspecified atom stereocenters. The lowest BCUT2D eigenvalue weighted by molar-refractivity contribution is 0.0557. The standard InChI is InChI=1S/C16H16O7/c1-19-11-6-5-9(7-12(11)20-2)14-13(16(18)22-4)10(8-23-14)15(17)21-3/h5-8H,1-4H3. The number of ether oxygens (including phenoxy) is 4. The van der Waals surface area contributed by atoms with Crippen LogP contribution in [-0.2, 0) is 9.47 Å². The third kappa shape index (κ3) is 2.98. The summed E-state index contributed by atoms with van der Waals surface area (Å²) in [5, 5.41) is 0. The Morgan fingerprint density at radius 3 is 2.13 bits per heavy atom. The van der Waals surface area contributed by atoms with Gasteiger partial charge in [0, 0.05) is 5.56 Å². The number of benzene rings is 1. The van der Waals surface area contributed by atoms with Crippen molar-refractivity contribution < 1.29 is 33.0 Å². The Balaban J connectivity index is 2.62. The molecule has 0 saturated heterocycles. The van der Waals surface area contributed by atoms with Gasteiger partial charge in [-0.3, -0.25) is 0 Å². The van der Waals surface area contributed by atoms with E-state index in [4.69, 9.17) is 18.6 Å². The molecule has 0 N–H and O–H groups in total. The molecule has 0 bridgehead atoms. The summed E-state index contributed by atoms with van der Waals surface area (Å²) in [6.45, 7) is 0. The van der Waals surface area contributed by atoms with Crippen molar-refractivity contribution in [1.82, 2.24) is 0 Å². The molecule has 0 aliphatic rings. The van der Waals surface area contributed by atoms with Crippen LogP contribution in [0.2, 0.25) is 0 Å². The number of carbonyl (C=O) groups excluding carboxylic acids is 2. The maximum atomic E-state index is 12.0. The van der Waals surface area contributed by atoms with E-state index in [-0.39, 0.29) is 16.9 Å². The maximum Gasteiger partial charge on any atom is 0.342 e. The van der Waals surface area contributed by atoms with E-state index in [1.54, 1.807) is 18.2 Å². The molecule has 0 aliphatic heterocycles. The van der Waals surface area contributed by atoms with Crippen molar-refractivity contribution in [3.8, 4) is 22.8 Å². The number of carbonyl (C=O) groups is 2. The van der Waals surface area contributed by atoms with Crippen molar-refractivity contribution >= 4 is 11.9 Å². The topological polar surface area (TPSA) is 84.2 Å². The highest BCUT2D eigenvalue weighted by Crippen LogP contribution is 2.35. The van der Waals surface area contributed by atoms with Gasteiger partial charge in [0.15, 0.2) is 11.5 Å². The Labute approximate surface area is 132 Å². The predicted molar refractivity (Wildman–Crippen MR) is 79.9 cm³/mol. The van der Waals surface area contributed by atoms with E-state index in [0.29, 0.717) is 17.1 Å². The Morgan fingerprint density at radius 1 is 0.913 bits per heavy atom. The molecule has 0 spiro atoms. The van der Waals surface area contributed by atoms with Gasteiger partial charge in [-0.25, -0.2) is 9.59 Å². The second-order valence-corrected chi connectivity index (χ2v) is 4.41. The van der Waals surface area contributed by atoms with Crippen LogP contribution in [0, 0.1) is 0 Å². The van der Waals surface area contributed by atoms with Gasteiger partial charge in [0.25, 0.3) is 0 Å². The Morgan fingerprint density at radius 2 is 1.57 bits per heavy atom. The predicted octanol–water partition coefficient (Wildman–Crippen LogP) is 2.54. The van der Waals surface area contributed by atoms with Gasteiger partial charge in [0.1, 0.15) is 23.2 Å². The van der Waals surface area contributed by atoms with Crippen molar-refractivity contribution in [1.29, 1.82) is 0 Å². The van der Waals surface area contributed by atoms with Gasteiger partial charge in [0.05, 0.1) is 28.4 Å². The summed E-state index contributed by atoms with van der Waals surface area (Å²) in [6.07, 6.45) is 1.16. The third-order valence-corrected chi connectivity index (χ3v) is 3.23. The summed E-state index contributed by atoms with van der Waals surface area (Å²) in [5.74, 6) is -0.240. The first kappa shape index (κ1) is 16.4. The summed E-state index contributed by atoms with van der Waals surface area (Å²) in [7, 11) is 5.44. The normalized spacial score (nSPS) is 10.1. The summed E-state index contributed by atoms with van der Waals surface area (Å²) < 4.78 is 25.2. The zero-order chi connectivity index (χ0) is 17.0. The van der Waals surface area contributed by atoms with E-state index in [1.165, 1.54) is 28.4 Å². The number of esters is 2. The van der Waals surface area contributed by atoms with Crippen LogP contribution >= 0.6 is 0 Å². The number of rotatable bonds is 5. The van der Waals surface area contributed by atoms with Gasteiger partial charge >= 0.3 is 11.9 Å². The molecule has 0 atom stereocenters. The smallest absolute Gasteiger partial charge is 0.342 e. The van der Waals surface area contributed by atoms with E-state index in [1.807, 2.05) is 0 Å². The largest absolute Gasteiger partial charge is 0.493 e. The molecule has 2 rings (SSSR count). The van der Waals surface area contributed by atoms with Crippen molar-refractivity contribution in [3.63, 3.8) is 0 Å². The Kier molecular flexibility index (Phi) is 4.90. The van der Waals surface area contributed by atoms with E-state index in [0.717, 1.165) is 6.26 Å². The molecule has 7 heteroatoms. The first-order valence-corrected chi connectivity index (χ1v) is 6.57. The zero-order valence-electron chi connectivity index (χ0n) is 13.2. The molecular weight excluding hydrogens is 304 g/mol. The van der Waals surface area contributed by atoms with Gasteiger partial charge in [-0.15, -0.1) is 0 Å². The molecule has 0 radical (unpaired) electrons. The second-order valence-electron chi connectivity index (χ2n) is 4.41. The number of furan rings is 1. The Hall–Kier alpha value is -2.96. The molecule has 1 aromatic carbocycles. The molecular formula is C16H16O7. The van der Waals surface area contributed by atoms with E-state index >= 15 is 0 Å². The average molecular weight is 320 g/mol. The highest BCUT2D eigenvalue weighted by Gasteiger charge is 2.27. The molecule has 122 valence electrons. The van der Waals surface area contributed by atoms with Crippen molar-refractivity contribution in [2.24, 2.45) is 0 Å². The van der Waals surface area contributed by atoms with E-state index < -0.39 is 11.9 Å². The van der Waals surface area contributed by atoms with Crippen LogP contribution in [0.4, 0.5) is 0 Å². The van der Waals surface area contributed by atoms with Crippen LogP contribution in [0.15, 0.2) is 28.9 Å².